The van der Waals surface area contributed by atoms with Crippen molar-refractivity contribution in [2.24, 2.45) is 0 Å². The minimum Gasteiger partial charge on any atom is -0.493 e. The van der Waals surface area contributed by atoms with Crippen LogP contribution in [0.25, 0.3) is 0 Å². The van der Waals surface area contributed by atoms with E-state index in [2.05, 4.69) is 28.4 Å². The Kier molecular flexibility index (Phi) is 4.57. The zero-order valence-electron chi connectivity index (χ0n) is 14.3. The molecule has 130 valence electrons. The lowest BCUT2D eigenvalue weighted by Gasteiger charge is -2.34. The highest BCUT2D eigenvalue weighted by atomic mass is 16.5. The molecule has 0 unspecified atom stereocenters. The first kappa shape index (κ1) is 16.0. The molecule has 0 radical (unpaired) electrons. The van der Waals surface area contributed by atoms with E-state index in [0.717, 1.165) is 57.2 Å². The van der Waals surface area contributed by atoms with Gasteiger partial charge in [0.15, 0.2) is 0 Å². The molecule has 0 spiro atoms. The van der Waals surface area contributed by atoms with Crippen molar-refractivity contribution in [1.29, 1.82) is 0 Å². The number of benzene rings is 2. The molecule has 0 aliphatic carbocycles. The largest absolute Gasteiger partial charge is 0.493 e. The summed E-state index contributed by atoms with van der Waals surface area (Å²) in [6.45, 7) is 5.04. The van der Waals surface area contributed by atoms with Crippen LogP contribution in [0.3, 0.4) is 0 Å². The Morgan fingerprint density at radius 3 is 2.64 bits per heavy atom. The van der Waals surface area contributed by atoms with E-state index < -0.39 is 0 Å². The van der Waals surface area contributed by atoms with Crippen LogP contribution in [0.1, 0.15) is 11.1 Å². The molecule has 2 aliphatic rings. The summed E-state index contributed by atoms with van der Waals surface area (Å²) in [6.07, 6.45) is 1.01. The van der Waals surface area contributed by atoms with Gasteiger partial charge in [-0.3, -0.25) is 4.90 Å². The number of carbonyl (C=O) groups excluding carboxylic acids is 1. The van der Waals surface area contributed by atoms with Crippen LogP contribution >= 0.6 is 0 Å². The van der Waals surface area contributed by atoms with E-state index in [4.69, 9.17) is 4.74 Å². The number of rotatable bonds is 3. The van der Waals surface area contributed by atoms with E-state index in [-0.39, 0.29) is 6.03 Å². The summed E-state index contributed by atoms with van der Waals surface area (Å²) >= 11 is 0. The average Bonchev–Trinajstić information content (AvgIpc) is 3.11. The first-order valence-corrected chi connectivity index (χ1v) is 8.86. The molecular formula is C20H23N3O2. The van der Waals surface area contributed by atoms with Gasteiger partial charge in [0.1, 0.15) is 5.75 Å². The van der Waals surface area contributed by atoms with Gasteiger partial charge in [-0.15, -0.1) is 0 Å². The summed E-state index contributed by atoms with van der Waals surface area (Å²) in [4.78, 5) is 16.6. The quantitative estimate of drug-likeness (QED) is 0.936. The molecule has 0 atom stereocenters. The van der Waals surface area contributed by atoms with Crippen molar-refractivity contribution in [3.05, 3.63) is 59.7 Å². The third-order valence-electron chi connectivity index (χ3n) is 4.84. The maximum absolute atomic E-state index is 12.3. The molecule has 2 amide bonds. The van der Waals surface area contributed by atoms with Crippen molar-refractivity contribution in [1.82, 2.24) is 9.80 Å². The number of ether oxygens (including phenoxy) is 1. The lowest BCUT2D eigenvalue weighted by molar-refractivity contribution is 0.143. The average molecular weight is 337 g/mol. The summed E-state index contributed by atoms with van der Waals surface area (Å²) < 4.78 is 5.57. The van der Waals surface area contributed by atoms with Gasteiger partial charge in [-0.2, -0.15) is 0 Å². The van der Waals surface area contributed by atoms with E-state index in [1.807, 2.05) is 35.2 Å². The van der Waals surface area contributed by atoms with Crippen LogP contribution in [0.4, 0.5) is 10.5 Å². The van der Waals surface area contributed by atoms with Gasteiger partial charge < -0.3 is 15.0 Å². The van der Waals surface area contributed by atoms with Crippen LogP contribution in [0.5, 0.6) is 5.75 Å². The second-order valence-electron chi connectivity index (χ2n) is 6.60. The lowest BCUT2D eigenvalue weighted by atomic mass is 10.1. The molecule has 5 nitrogen and oxygen atoms in total. The number of hydrogen-bond acceptors (Lipinski definition) is 3. The van der Waals surface area contributed by atoms with Crippen molar-refractivity contribution >= 4 is 11.7 Å². The number of para-hydroxylation sites is 1. The molecule has 2 aromatic rings. The van der Waals surface area contributed by atoms with Gasteiger partial charge in [0.25, 0.3) is 0 Å². The molecule has 5 heteroatoms. The van der Waals surface area contributed by atoms with Crippen LogP contribution in [0.2, 0.25) is 0 Å². The van der Waals surface area contributed by atoms with Gasteiger partial charge in [0, 0.05) is 44.8 Å². The molecule has 1 N–H and O–H groups in total. The molecule has 0 bridgehead atoms. The molecule has 25 heavy (non-hydrogen) atoms. The van der Waals surface area contributed by atoms with Crippen molar-refractivity contribution < 1.29 is 9.53 Å². The monoisotopic (exact) mass is 337 g/mol. The zero-order chi connectivity index (χ0) is 17.1. The van der Waals surface area contributed by atoms with E-state index in [1.54, 1.807) is 0 Å². The third-order valence-corrected chi connectivity index (χ3v) is 4.84. The SMILES string of the molecule is O=C(Nc1ccccc1)N1CCN(Cc2ccc3c(c2)CCO3)CC1. The van der Waals surface area contributed by atoms with E-state index >= 15 is 0 Å². The second-order valence-corrected chi connectivity index (χ2v) is 6.60. The van der Waals surface area contributed by atoms with Crippen molar-refractivity contribution in [2.75, 3.05) is 38.1 Å². The number of nitrogens with zero attached hydrogens (tertiary/aromatic N) is 2. The number of amides is 2. The fraction of sp³-hybridized carbons (Fsp3) is 0.350. The number of nitrogens with one attached hydrogen (secondary N) is 1. The van der Waals surface area contributed by atoms with Gasteiger partial charge >= 0.3 is 6.03 Å². The minimum absolute atomic E-state index is 0.0134. The fourth-order valence-electron chi connectivity index (χ4n) is 3.43. The fourth-order valence-corrected chi connectivity index (χ4v) is 3.43. The Morgan fingerprint density at radius 2 is 1.84 bits per heavy atom. The Bertz CT molecular complexity index is 740. The Balaban J connectivity index is 1.29. The minimum atomic E-state index is -0.0134. The standard InChI is InChI=1S/C20H23N3O2/c24-20(21-18-4-2-1-3-5-18)23-11-9-22(10-12-23)15-16-6-7-19-17(14-16)8-13-25-19/h1-7,14H,8-13,15H2,(H,21,24). The van der Waals surface area contributed by atoms with Crippen molar-refractivity contribution in [3.63, 3.8) is 0 Å². The summed E-state index contributed by atoms with van der Waals surface area (Å²) in [5.74, 6) is 1.03. The second kappa shape index (κ2) is 7.15. The van der Waals surface area contributed by atoms with Crippen molar-refractivity contribution in [2.45, 2.75) is 13.0 Å². The van der Waals surface area contributed by atoms with Gasteiger partial charge in [-0.05, 0) is 29.3 Å². The lowest BCUT2D eigenvalue weighted by Crippen LogP contribution is -2.49. The maximum Gasteiger partial charge on any atom is 0.321 e. The first-order valence-electron chi connectivity index (χ1n) is 8.86. The molecule has 0 saturated carbocycles. The highest BCUT2D eigenvalue weighted by molar-refractivity contribution is 5.89. The highest BCUT2D eigenvalue weighted by Gasteiger charge is 2.21. The third kappa shape index (κ3) is 3.77. The number of hydrogen-bond donors (Lipinski definition) is 1. The molecule has 1 saturated heterocycles. The summed E-state index contributed by atoms with van der Waals surface area (Å²) in [6, 6.07) is 16.1. The van der Waals surface area contributed by atoms with Crippen LogP contribution in [0.15, 0.2) is 48.5 Å². The summed E-state index contributed by atoms with van der Waals surface area (Å²) in [7, 11) is 0. The predicted molar refractivity (Wildman–Crippen MR) is 98.0 cm³/mol. The van der Waals surface area contributed by atoms with Crippen LogP contribution in [-0.2, 0) is 13.0 Å². The van der Waals surface area contributed by atoms with E-state index in [9.17, 15) is 4.79 Å². The Morgan fingerprint density at radius 1 is 1.04 bits per heavy atom. The van der Waals surface area contributed by atoms with Gasteiger partial charge in [-0.1, -0.05) is 30.3 Å². The van der Waals surface area contributed by atoms with Gasteiger partial charge in [0.2, 0.25) is 0 Å². The number of urea groups is 1. The van der Waals surface area contributed by atoms with E-state index in [0.29, 0.717) is 0 Å². The van der Waals surface area contributed by atoms with Crippen LogP contribution < -0.4 is 10.1 Å². The van der Waals surface area contributed by atoms with Crippen LogP contribution in [-0.4, -0.2) is 48.6 Å². The number of fused-ring (bicyclic) bond motifs is 1. The summed E-state index contributed by atoms with van der Waals surface area (Å²) in [5, 5.41) is 2.96. The smallest absolute Gasteiger partial charge is 0.321 e. The number of piperazine rings is 1. The maximum atomic E-state index is 12.3. The highest BCUT2D eigenvalue weighted by Crippen LogP contribution is 2.26. The topological polar surface area (TPSA) is 44.8 Å². The number of carbonyl (C=O) groups is 1. The molecule has 2 aromatic carbocycles. The molecule has 2 aliphatic heterocycles. The summed E-state index contributed by atoms with van der Waals surface area (Å²) in [5.41, 5.74) is 3.49. The number of anilines is 1. The predicted octanol–water partition coefficient (Wildman–Crippen LogP) is 2.97. The van der Waals surface area contributed by atoms with E-state index in [1.165, 1.54) is 11.1 Å². The normalized spacial score (nSPS) is 17.0. The first-order chi connectivity index (χ1) is 12.3. The van der Waals surface area contributed by atoms with Crippen molar-refractivity contribution in [3.8, 4) is 5.75 Å². The molecular weight excluding hydrogens is 314 g/mol. The molecule has 1 fully saturated rings. The Hall–Kier alpha value is -2.53. The van der Waals surface area contributed by atoms with Gasteiger partial charge in [0.05, 0.1) is 6.61 Å². The van der Waals surface area contributed by atoms with Gasteiger partial charge in [-0.25, -0.2) is 4.79 Å². The molecule has 2 heterocycles. The Labute approximate surface area is 148 Å². The molecule has 0 aromatic heterocycles. The molecule has 4 rings (SSSR count). The van der Waals surface area contributed by atoms with Crippen LogP contribution in [0, 0.1) is 0 Å². The zero-order valence-corrected chi connectivity index (χ0v) is 14.3.